The van der Waals surface area contributed by atoms with Gasteiger partial charge in [-0.1, -0.05) is 48.0 Å². The van der Waals surface area contributed by atoms with E-state index in [4.69, 9.17) is 4.74 Å². The molecule has 0 unspecified atom stereocenters. The normalized spacial score (nSPS) is 15.8. The van der Waals surface area contributed by atoms with Crippen molar-refractivity contribution in [2.24, 2.45) is 0 Å². The number of carbonyl (C=O) groups excluding carboxylic acids is 2. The van der Waals surface area contributed by atoms with E-state index in [1.54, 1.807) is 6.92 Å². The molecule has 2 aromatic rings. The Labute approximate surface area is 158 Å². The van der Waals surface area contributed by atoms with Gasteiger partial charge in [0.05, 0.1) is 0 Å². The second-order valence-corrected chi connectivity index (χ2v) is 8.00. The van der Waals surface area contributed by atoms with E-state index in [9.17, 15) is 9.59 Å². The zero-order valence-corrected chi connectivity index (χ0v) is 15.8. The number of benzene rings is 2. The standard InChI is InChI=1S/C21H23NO3S/c1-14-8-12-18(13-9-14)26-15(2)21(24)25-19(16-6-4-3-5-7-16)20(23)22-17-10-11-17/h3-9,12-13,15,17,19H,10-11H2,1-2H3,(H,22,23)/t15-,19-/m1/s1. The van der Waals surface area contributed by atoms with Crippen LogP contribution in [0.2, 0.25) is 0 Å². The molecule has 0 bridgehead atoms. The average Bonchev–Trinajstić information content (AvgIpc) is 3.46. The smallest absolute Gasteiger partial charge is 0.320 e. The molecule has 1 aliphatic rings. The molecule has 2 aromatic carbocycles. The summed E-state index contributed by atoms with van der Waals surface area (Å²) >= 11 is 1.43. The highest BCUT2D eigenvalue weighted by molar-refractivity contribution is 8.00. The van der Waals surface area contributed by atoms with Crippen molar-refractivity contribution in [3.63, 3.8) is 0 Å². The van der Waals surface area contributed by atoms with Crippen LogP contribution in [0.1, 0.15) is 37.0 Å². The Morgan fingerprint density at radius 1 is 1.08 bits per heavy atom. The summed E-state index contributed by atoms with van der Waals surface area (Å²) in [6.07, 6.45) is 1.06. The van der Waals surface area contributed by atoms with Crippen molar-refractivity contribution >= 4 is 23.6 Å². The van der Waals surface area contributed by atoms with Crippen molar-refractivity contribution in [2.75, 3.05) is 0 Å². The summed E-state index contributed by atoms with van der Waals surface area (Å²) in [5, 5.41) is 2.52. The Balaban J connectivity index is 1.67. The number of thioether (sulfide) groups is 1. The van der Waals surface area contributed by atoms with E-state index in [0.29, 0.717) is 5.56 Å². The summed E-state index contributed by atoms with van der Waals surface area (Å²) < 4.78 is 5.61. The molecule has 0 heterocycles. The lowest BCUT2D eigenvalue weighted by Gasteiger charge is -2.20. The summed E-state index contributed by atoms with van der Waals surface area (Å²) in [6.45, 7) is 3.82. The predicted molar refractivity (Wildman–Crippen MR) is 103 cm³/mol. The van der Waals surface area contributed by atoms with Crippen LogP contribution < -0.4 is 5.32 Å². The first-order chi connectivity index (χ1) is 12.5. The Hall–Kier alpha value is -2.27. The second-order valence-electron chi connectivity index (χ2n) is 6.58. The third kappa shape index (κ3) is 5.11. The minimum atomic E-state index is -0.912. The maximum Gasteiger partial charge on any atom is 0.320 e. The first-order valence-corrected chi connectivity index (χ1v) is 9.70. The van der Waals surface area contributed by atoms with E-state index in [-0.39, 0.29) is 11.9 Å². The van der Waals surface area contributed by atoms with Gasteiger partial charge in [0.1, 0.15) is 5.25 Å². The molecule has 26 heavy (non-hydrogen) atoms. The molecule has 1 amide bonds. The van der Waals surface area contributed by atoms with Gasteiger partial charge in [0, 0.05) is 16.5 Å². The third-order valence-electron chi connectivity index (χ3n) is 4.16. The van der Waals surface area contributed by atoms with Crippen molar-refractivity contribution < 1.29 is 14.3 Å². The second kappa shape index (κ2) is 8.41. The summed E-state index contributed by atoms with van der Waals surface area (Å²) in [5.74, 6) is -0.644. The zero-order chi connectivity index (χ0) is 18.5. The first kappa shape index (κ1) is 18.5. The quantitative estimate of drug-likeness (QED) is 0.591. The van der Waals surface area contributed by atoms with Gasteiger partial charge in [-0.3, -0.25) is 9.59 Å². The first-order valence-electron chi connectivity index (χ1n) is 8.82. The highest BCUT2D eigenvalue weighted by atomic mass is 32.2. The Morgan fingerprint density at radius 2 is 1.73 bits per heavy atom. The van der Waals surface area contributed by atoms with Crippen LogP contribution in [0.3, 0.4) is 0 Å². The molecule has 5 heteroatoms. The summed E-state index contributed by atoms with van der Waals surface area (Å²) in [5.41, 5.74) is 1.86. The Bertz CT molecular complexity index is 757. The number of hydrogen-bond acceptors (Lipinski definition) is 4. The highest BCUT2D eigenvalue weighted by Gasteiger charge is 2.32. The van der Waals surface area contributed by atoms with Gasteiger partial charge in [-0.25, -0.2) is 0 Å². The molecule has 0 saturated heterocycles. The number of ether oxygens (including phenoxy) is 1. The molecule has 3 rings (SSSR count). The fourth-order valence-electron chi connectivity index (χ4n) is 2.49. The largest absolute Gasteiger partial charge is 0.446 e. The SMILES string of the molecule is Cc1ccc(S[C@H](C)C(=O)O[C@@H](C(=O)NC2CC2)c2ccccc2)cc1. The van der Waals surface area contributed by atoms with Gasteiger partial charge in [0.2, 0.25) is 6.10 Å². The zero-order valence-electron chi connectivity index (χ0n) is 15.0. The lowest BCUT2D eigenvalue weighted by Crippen LogP contribution is -2.34. The van der Waals surface area contributed by atoms with Crippen LogP contribution >= 0.6 is 11.8 Å². The van der Waals surface area contributed by atoms with Crippen molar-refractivity contribution in [2.45, 2.75) is 49.0 Å². The van der Waals surface area contributed by atoms with Gasteiger partial charge in [-0.05, 0) is 38.8 Å². The van der Waals surface area contributed by atoms with Crippen molar-refractivity contribution in [3.05, 3.63) is 65.7 Å². The van der Waals surface area contributed by atoms with E-state index in [1.807, 2.05) is 61.5 Å². The van der Waals surface area contributed by atoms with E-state index in [1.165, 1.54) is 17.3 Å². The molecule has 136 valence electrons. The maximum absolute atomic E-state index is 12.6. The third-order valence-corrected chi connectivity index (χ3v) is 5.25. The van der Waals surface area contributed by atoms with Gasteiger partial charge in [0.25, 0.3) is 5.91 Å². The monoisotopic (exact) mass is 369 g/mol. The molecule has 0 spiro atoms. The van der Waals surface area contributed by atoms with E-state index in [2.05, 4.69) is 5.32 Å². The molecule has 2 atom stereocenters. The van der Waals surface area contributed by atoms with Crippen LogP contribution in [-0.4, -0.2) is 23.2 Å². The van der Waals surface area contributed by atoms with Crippen molar-refractivity contribution in [1.82, 2.24) is 5.32 Å². The fourth-order valence-corrected chi connectivity index (χ4v) is 3.34. The minimum Gasteiger partial charge on any atom is -0.446 e. The van der Waals surface area contributed by atoms with Gasteiger partial charge < -0.3 is 10.1 Å². The number of rotatable bonds is 7. The van der Waals surface area contributed by atoms with E-state index >= 15 is 0 Å². The van der Waals surface area contributed by atoms with Crippen LogP contribution in [0.4, 0.5) is 0 Å². The van der Waals surface area contributed by atoms with Crippen LogP contribution in [0.15, 0.2) is 59.5 Å². The molecule has 0 aromatic heterocycles. The van der Waals surface area contributed by atoms with Gasteiger partial charge in [-0.15, -0.1) is 11.8 Å². The topological polar surface area (TPSA) is 55.4 Å². The van der Waals surface area contributed by atoms with Crippen molar-refractivity contribution in [1.29, 1.82) is 0 Å². The molecule has 1 N–H and O–H groups in total. The van der Waals surface area contributed by atoms with Gasteiger partial charge >= 0.3 is 5.97 Å². The molecular formula is C21H23NO3S. The molecule has 1 aliphatic carbocycles. The Morgan fingerprint density at radius 3 is 2.35 bits per heavy atom. The number of hydrogen-bond donors (Lipinski definition) is 1. The number of carbonyl (C=O) groups is 2. The van der Waals surface area contributed by atoms with Gasteiger partial charge in [0.15, 0.2) is 0 Å². The number of esters is 1. The molecule has 0 radical (unpaired) electrons. The predicted octanol–water partition coefficient (Wildman–Crippen LogP) is 4.04. The Kier molecular flexibility index (Phi) is 5.99. The molecule has 1 fully saturated rings. The summed E-state index contributed by atoms with van der Waals surface area (Å²) in [4.78, 5) is 26.1. The van der Waals surface area contributed by atoms with E-state index in [0.717, 1.165) is 17.7 Å². The van der Waals surface area contributed by atoms with E-state index < -0.39 is 17.3 Å². The average molecular weight is 369 g/mol. The van der Waals surface area contributed by atoms with Crippen LogP contribution in [0, 0.1) is 6.92 Å². The number of amides is 1. The molecule has 0 aliphatic heterocycles. The maximum atomic E-state index is 12.6. The number of nitrogens with one attached hydrogen (secondary N) is 1. The molecular weight excluding hydrogens is 346 g/mol. The van der Waals surface area contributed by atoms with Crippen LogP contribution in [0.5, 0.6) is 0 Å². The summed E-state index contributed by atoms with van der Waals surface area (Å²) in [7, 11) is 0. The van der Waals surface area contributed by atoms with Crippen LogP contribution in [-0.2, 0) is 14.3 Å². The highest BCUT2D eigenvalue weighted by Crippen LogP contribution is 2.28. The number of aryl methyl sites for hydroxylation is 1. The summed E-state index contributed by atoms with van der Waals surface area (Å²) in [6, 6.07) is 17.4. The molecule has 1 saturated carbocycles. The minimum absolute atomic E-state index is 0.215. The lowest BCUT2D eigenvalue weighted by molar-refractivity contribution is -0.155. The fraction of sp³-hybridized carbons (Fsp3) is 0.333. The molecule has 4 nitrogen and oxygen atoms in total. The van der Waals surface area contributed by atoms with Crippen molar-refractivity contribution in [3.8, 4) is 0 Å². The lowest BCUT2D eigenvalue weighted by atomic mass is 10.1. The van der Waals surface area contributed by atoms with Crippen LogP contribution in [0.25, 0.3) is 0 Å². The van der Waals surface area contributed by atoms with Gasteiger partial charge in [-0.2, -0.15) is 0 Å².